The third-order valence-electron chi connectivity index (χ3n) is 2.38. The number of benzene rings is 1. The third-order valence-corrected chi connectivity index (χ3v) is 2.38. The molecule has 0 saturated heterocycles. The Labute approximate surface area is 100 Å². The van der Waals surface area contributed by atoms with Gasteiger partial charge in [-0.3, -0.25) is 0 Å². The predicted molar refractivity (Wildman–Crippen MR) is 58.7 cm³/mol. The van der Waals surface area contributed by atoms with Crippen molar-refractivity contribution in [3.63, 3.8) is 0 Å². The molecule has 18 heavy (non-hydrogen) atoms. The van der Waals surface area contributed by atoms with Crippen LogP contribution >= 0.6 is 0 Å². The van der Waals surface area contributed by atoms with E-state index in [-0.39, 0.29) is 5.75 Å². The summed E-state index contributed by atoms with van der Waals surface area (Å²) in [6.45, 7) is -2.88. The number of nitrogens with one attached hydrogen (secondary N) is 1. The van der Waals surface area contributed by atoms with Crippen LogP contribution in [0.5, 0.6) is 5.75 Å². The van der Waals surface area contributed by atoms with Gasteiger partial charge in [0.15, 0.2) is 17.7 Å². The van der Waals surface area contributed by atoms with Crippen molar-refractivity contribution in [3.05, 3.63) is 36.8 Å². The number of nitrogens with zero attached hydrogens (tertiary/aromatic N) is 3. The van der Waals surface area contributed by atoms with Crippen molar-refractivity contribution in [2.24, 2.45) is 0 Å². The maximum atomic E-state index is 12.3. The van der Waals surface area contributed by atoms with Crippen LogP contribution in [0.4, 0.5) is 8.78 Å². The molecule has 91 valence electrons. The van der Waals surface area contributed by atoms with Crippen molar-refractivity contribution in [1.29, 1.82) is 0 Å². The first kappa shape index (κ1) is 10.7. The average Bonchev–Trinajstić information content (AvgIpc) is 2.89. The molecule has 1 aromatic carbocycles. The zero-order valence-corrected chi connectivity index (χ0v) is 8.97. The number of para-hydroxylation sites is 2. The Morgan fingerprint density at radius 2 is 2.17 bits per heavy atom. The summed E-state index contributed by atoms with van der Waals surface area (Å²) in [6.07, 6.45) is 4.17. The summed E-state index contributed by atoms with van der Waals surface area (Å²) in [7, 11) is 0. The molecular weight excluding hydrogens is 242 g/mol. The first-order valence-electron chi connectivity index (χ1n) is 5.09. The number of aromatic amines is 1. The number of rotatable bonds is 3. The minimum Gasteiger partial charge on any atom is -0.433 e. The van der Waals surface area contributed by atoms with E-state index in [2.05, 4.69) is 26.1 Å². The van der Waals surface area contributed by atoms with Crippen LogP contribution in [0.2, 0.25) is 0 Å². The van der Waals surface area contributed by atoms with Gasteiger partial charge in [0.2, 0.25) is 0 Å². The molecule has 1 radical (unpaired) electrons. The highest BCUT2D eigenvalue weighted by Crippen LogP contribution is 2.24. The fourth-order valence-corrected chi connectivity index (χ4v) is 1.64. The van der Waals surface area contributed by atoms with Gasteiger partial charge in [-0.2, -0.15) is 8.78 Å². The van der Waals surface area contributed by atoms with Crippen LogP contribution in [-0.2, 0) is 0 Å². The topological polar surface area (TPSA) is 55.7 Å². The van der Waals surface area contributed by atoms with Crippen molar-refractivity contribution in [2.75, 3.05) is 0 Å². The van der Waals surface area contributed by atoms with E-state index in [9.17, 15) is 8.78 Å². The quantitative estimate of drug-likeness (QED) is 0.773. The lowest BCUT2D eigenvalue weighted by Gasteiger charge is -2.09. The number of fused-ring (bicyclic) bond motifs is 1. The number of halogens is 2. The second-order valence-corrected chi connectivity index (χ2v) is 3.51. The lowest BCUT2D eigenvalue weighted by molar-refractivity contribution is -0.0498. The summed E-state index contributed by atoms with van der Waals surface area (Å²) in [6, 6.07) is 6.41. The Morgan fingerprint density at radius 3 is 2.94 bits per heavy atom. The van der Waals surface area contributed by atoms with Gasteiger partial charge < -0.3 is 9.72 Å². The Kier molecular flexibility index (Phi) is 2.44. The number of hydrogen-bond acceptors (Lipinski definition) is 3. The number of aromatic nitrogens is 4. The molecule has 0 amide bonds. The van der Waals surface area contributed by atoms with E-state index in [1.165, 1.54) is 10.7 Å². The van der Waals surface area contributed by atoms with Crippen molar-refractivity contribution < 1.29 is 13.5 Å². The van der Waals surface area contributed by atoms with Gasteiger partial charge >= 0.3 is 6.61 Å². The van der Waals surface area contributed by atoms with E-state index in [0.29, 0.717) is 16.9 Å². The van der Waals surface area contributed by atoms with Gasteiger partial charge in [-0.15, -0.1) is 5.10 Å². The molecule has 0 fully saturated rings. The number of alkyl halides is 2. The van der Waals surface area contributed by atoms with Crippen LogP contribution in [0, 0.1) is 6.33 Å². The van der Waals surface area contributed by atoms with Gasteiger partial charge in [-0.25, -0.2) is 9.67 Å². The molecule has 0 saturated carbocycles. The standard InChI is InChI=1S/C11H7F2N4O/c12-11(13)18-9-4-2-1-3-8(9)17-5-7-10(16-17)15-6-14-7/h1-5,11H,(H,14,15,16). The van der Waals surface area contributed by atoms with E-state index < -0.39 is 6.61 Å². The monoisotopic (exact) mass is 249 g/mol. The van der Waals surface area contributed by atoms with Crippen molar-refractivity contribution in [1.82, 2.24) is 19.7 Å². The van der Waals surface area contributed by atoms with E-state index >= 15 is 0 Å². The molecule has 5 nitrogen and oxygen atoms in total. The first-order chi connectivity index (χ1) is 8.74. The predicted octanol–water partition coefficient (Wildman–Crippen LogP) is 2.15. The van der Waals surface area contributed by atoms with E-state index in [4.69, 9.17) is 0 Å². The molecule has 0 aliphatic carbocycles. The second-order valence-electron chi connectivity index (χ2n) is 3.51. The highest BCUT2D eigenvalue weighted by atomic mass is 19.3. The van der Waals surface area contributed by atoms with Crippen molar-refractivity contribution in [2.45, 2.75) is 6.61 Å². The Balaban J connectivity index is 2.08. The first-order valence-corrected chi connectivity index (χ1v) is 5.09. The molecule has 7 heteroatoms. The van der Waals surface area contributed by atoms with Gasteiger partial charge in [0.1, 0.15) is 11.2 Å². The molecule has 0 atom stereocenters. The molecular formula is C11H7F2N4O. The zero-order chi connectivity index (χ0) is 12.5. The van der Waals surface area contributed by atoms with Crippen molar-refractivity contribution in [3.8, 4) is 11.4 Å². The summed E-state index contributed by atoms with van der Waals surface area (Å²) >= 11 is 0. The summed E-state index contributed by atoms with van der Waals surface area (Å²) in [4.78, 5) is 6.62. The van der Waals surface area contributed by atoms with Crippen LogP contribution < -0.4 is 4.74 Å². The fourth-order valence-electron chi connectivity index (χ4n) is 1.64. The molecule has 0 spiro atoms. The largest absolute Gasteiger partial charge is 0.433 e. The van der Waals surface area contributed by atoms with Crippen LogP contribution in [0.1, 0.15) is 0 Å². The maximum absolute atomic E-state index is 12.3. The van der Waals surface area contributed by atoms with Gasteiger partial charge in [0, 0.05) is 0 Å². The SMILES string of the molecule is FC(F)Oc1ccccc1-n1cc2[nH][c]nc2n1. The van der Waals surface area contributed by atoms with Gasteiger partial charge in [0.25, 0.3) is 0 Å². The van der Waals surface area contributed by atoms with Crippen molar-refractivity contribution >= 4 is 11.2 Å². The van der Waals surface area contributed by atoms with Crippen LogP contribution in [0.25, 0.3) is 16.9 Å². The van der Waals surface area contributed by atoms with Gasteiger partial charge in [-0.05, 0) is 12.1 Å². The number of H-pyrrole nitrogens is 1. The average molecular weight is 249 g/mol. The Hall–Kier alpha value is -2.44. The third kappa shape index (κ3) is 1.79. The minimum atomic E-state index is -2.88. The maximum Gasteiger partial charge on any atom is 0.387 e. The number of imidazole rings is 1. The normalized spacial score (nSPS) is 11.3. The lowest BCUT2D eigenvalue weighted by atomic mass is 10.3. The minimum absolute atomic E-state index is 0.0571. The molecule has 3 aromatic rings. The number of ether oxygens (including phenoxy) is 1. The smallest absolute Gasteiger partial charge is 0.387 e. The fraction of sp³-hybridized carbons (Fsp3) is 0.0909. The zero-order valence-electron chi connectivity index (χ0n) is 8.97. The van der Waals surface area contributed by atoms with Crippen LogP contribution in [0.3, 0.4) is 0 Å². The van der Waals surface area contributed by atoms with Crippen LogP contribution in [-0.4, -0.2) is 26.4 Å². The summed E-state index contributed by atoms with van der Waals surface area (Å²) < 4.78 is 30.4. The van der Waals surface area contributed by atoms with E-state index in [1.54, 1.807) is 24.4 Å². The summed E-state index contributed by atoms with van der Waals surface area (Å²) in [5.41, 5.74) is 1.55. The molecule has 2 heterocycles. The van der Waals surface area contributed by atoms with Gasteiger partial charge in [-0.1, -0.05) is 12.1 Å². The molecule has 0 bridgehead atoms. The highest BCUT2D eigenvalue weighted by Gasteiger charge is 2.12. The molecule has 0 aliphatic heterocycles. The van der Waals surface area contributed by atoms with E-state index in [1.807, 2.05) is 0 Å². The molecule has 0 aliphatic rings. The van der Waals surface area contributed by atoms with Crippen LogP contribution in [0.15, 0.2) is 30.5 Å². The number of hydrogen-bond donors (Lipinski definition) is 1. The van der Waals surface area contributed by atoms with Gasteiger partial charge in [0.05, 0.1) is 6.20 Å². The second kappa shape index (κ2) is 4.10. The molecule has 0 unspecified atom stereocenters. The summed E-state index contributed by atoms with van der Waals surface area (Å²) in [5.74, 6) is 0.0571. The molecule has 2 aromatic heterocycles. The lowest BCUT2D eigenvalue weighted by Crippen LogP contribution is -2.06. The summed E-state index contributed by atoms with van der Waals surface area (Å²) in [5, 5.41) is 4.13. The molecule has 3 rings (SSSR count). The Bertz CT molecular complexity index is 648. The van der Waals surface area contributed by atoms with E-state index in [0.717, 1.165) is 0 Å². The highest BCUT2D eigenvalue weighted by molar-refractivity contribution is 5.69. The Morgan fingerprint density at radius 1 is 1.33 bits per heavy atom. The molecule has 1 N–H and O–H groups in total.